The third-order valence-electron chi connectivity index (χ3n) is 0. The number of hydrogen-bond acceptors (Lipinski definition) is 1. The van der Waals surface area contributed by atoms with Gasteiger partial charge in [-0.25, -0.2) is 0 Å². The fourth-order valence-corrected chi connectivity index (χ4v) is 0. The van der Waals surface area contributed by atoms with Gasteiger partial charge < -0.3 is 4.79 Å². The van der Waals surface area contributed by atoms with Gasteiger partial charge in [0, 0.05) is 0 Å². The average Bonchev–Trinajstić information content (AvgIpc) is 1.33. The molecule has 0 aromatic heterocycles. The Labute approximate surface area is 59.3 Å². The van der Waals surface area contributed by atoms with Crippen LogP contribution in [0.2, 0.25) is 0 Å². The molecule has 47 valence electrons. The first kappa shape index (κ1) is 10.8. The van der Waals surface area contributed by atoms with Gasteiger partial charge in [0.15, 0.2) is 0 Å². The summed E-state index contributed by atoms with van der Waals surface area (Å²) in [5.41, 5.74) is 0. The van der Waals surface area contributed by atoms with Crippen LogP contribution in [-0.4, -0.2) is 5.78 Å². The first-order valence-corrected chi connectivity index (χ1v) is 7.39. The molecule has 0 spiro atoms. The molecule has 0 rings (SSSR count). The molecule has 0 aliphatic carbocycles. The van der Waals surface area contributed by atoms with Crippen LogP contribution in [0.5, 0.6) is 0 Å². The Kier molecular flexibility index (Phi) is 15.4. The first-order valence-electron chi connectivity index (χ1n) is 1.46. The number of hydrogen-bond donors (Lipinski definition) is 0. The topological polar surface area (TPSA) is 17.1 Å². The summed E-state index contributed by atoms with van der Waals surface area (Å²) in [5, 5.41) is 0. The number of halogens is 2. The zero-order valence-corrected chi connectivity index (χ0v) is 7.90. The number of carbonyl (C=O) groups excluding carboxylic acids is 1. The van der Waals surface area contributed by atoms with Gasteiger partial charge in [0.2, 0.25) is 0 Å². The average molecular weight is 321 g/mol. The van der Waals surface area contributed by atoms with Crippen LogP contribution in [0.4, 0.5) is 0 Å². The van der Waals surface area contributed by atoms with Crippen LogP contribution in [0.25, 0.3) is 0 Å². The summed E-state index contributed by atoms with van der Waals surface area (Å²) in [4.78, 5) is 9.44. The third-order valence-corrected chi connectivity index (χ3v) is 0. The summed E-state index contributed by atoms with van der Waals surface area (Å²) in [7, 11) is 9.78. The summed E-state index contributed by atoms with van der Waals surface area (Å²) in [6.07, 6.45) is 0. The second-order valence-electron chi connectivity index (χ2n) is 0.956. The van der Waals surface area contributed by atoms with E-state index in [4.69, 9.17) is 19.2 Å². The molecule has 4 heteroatoms. The van der Waals surface area contributed by atoms with Gasteiger partial charge in [-0.15, -0.1) is 0 Å². The summed E-state index contributed by atoms with van der Waals surface area (Å²) >= 11 is -0.556. The monoisotopic (exact) mass is 321 g/mol. The Balaban J connectivity index is 0. The maximum atomic E-state index is 9.44. The van der Waals surface area contributed by atoms with Crippen LogP contribution >= 0.6 is 19.2 Å². The molecule has 0 aliphatic rings. The summed E-state index contributed by atoms with van der Waals surface area (Å²) in [6.45, 7) is 3.06. The van der Waals surface area contributed by atoms with Gasteiger partial charge in [-0.1, -0.05) is 0 Å². The van der Waals surface area contributed by atoms with Crippen molar-refractivity contribution in [2.45, 2.75) is 13.8 Å². The zero-order valence-electron chi connectivity index (χ0n) is 4.00. The number of Topliss-reactive ketones (excluding diaryl/α,β-unsaturated/α-hetero) is 1. The second-order valence-corrected chi connectivity index (χ2v) is 4.42. The van der Waals surface area contributed by atoms with Gasteiger partial charge in [-0.2, -0.15) is 0 Å². The summed E-state index contributed by atoms with van der Waals surface area (Å²) < 4.78 is 0. The van der Waals surface area contributed by atoms with Crippen LogP contribution in [0, 0.1) is 0 Å². The molecule has 0 atom stereocenters. The predicted octanol–water partition coefficient (Wildman–Crippen LogP) is 1.97. The van der Waals surface area contributed by atoms with Crippen LogP contribution in [0.3, 0.4) is 0 Å². The first-order chi connectivity index (χ1) is 3.15. The van der Waals surface area contributed by atoms with E-state index in [1.165, 1.54) is 13.8 Å². The predicted molar refractivity (Wildman–Crippen MR) is 28.1 cm³/mol. The summed E-state index contributed by atoms with van der Waals surface area (Å²) in [5.74, 6) is 0.167. The van der Waals surface area contributed by atoms with Crippen molar-refractivity contribution in [3.05, 3.63) is 0 Å². The standard InChI is InChI=1S/C3H6O.2ClH.Ir/c1-3(2)4;;;/h1-2H3;2*1H;/q;;;+2/p-2. The molecular weight excluding hydrogens is 315 g/mol. The third kappa shape index (κ3) is 205. The molecule has 0 amide bonds. The van der Waals surface area contributed by atoms with Crippen molar-refractivity contribution in [1.29, 1.82) is 0 Å². The van der Waals surface area contributed by atoms with Gasteiger partial charge in [0.25, 0.3) is 0 Å². The van der Waals surface area contributed by atoms with Crippen LogP contribution < -0.4 is 0 Å². The van der Waals surface area contributed by atoms with Crippen molar-refractivity contribution in [2.24, 2.45) is 0 Å². The Morgan fingerprint density at radius 3 is 1.43 bits per heavy atom. The Morgan fingerprint density at radius 2 is 1.43 bits per heavy atom. The molecule has 0 radical (unpaired) electrons. The Morgan fingerprint density at radius 1 is 1.43 bits per heavy atom. The molecule has 0 heterocycles. The molecule has 0 N–H and O–H groups in total. The fourth-order valence-electron chi connectivity index (χ4n) is 0. The van der Waals surface area contributed by atoms with Crippen molar-refractivity contribution >= 4 is 25.0 Å². The molecule has 0 aromatic rings. The van der Waals surface area contributed by atoms with E-state index in [1.54, 1.807) is 0 Å². The second kappa shape index (κ2) is 10.0. The Hall–Kier alpha value is 0.899. The van der Waals surface area contributed by atoms with E-state index in [0.717, 1.165) is 0 Å². The molecule has 0 unspecified atom stereocenters. The molecule has 1 nitrogen and oxygen atoms in total. The van der Waals surface area contributed by atoms with E-state index < -0.39 is 15.7 Å². The minimum atomic E-state index is -0.556. The van der Waals surface area contributed by atoms with E-state index in [-0.39, 0.29) is 5.78 Å². The fraction of sp³-hybridized carbons (Fsp3) is 0.667. The number of carbonyl (C=O) groups is 1. The van der Waals surface area contributed by atoms with E-state index in [0.29, 0.717) is 0 Å². The van der Waals surface area contributed by atoms with Gasteiger partial charge >= 0.3 is 34.8 Å². The Bertz CT molecular complexity index is 44.2. The van der Waals surface area contributed by atoms with Crippen molar-refractivity contribution < 1.29 is 20.5 Å². The van der Waals surface area contributed by atoms with E-state index >= 15 is 0 Å². The van der Waals surface area contributed by atoms with Crippen molar-refractivity contribution in [3.63, 3.8) is 0 Å². The van der Waals surface area contributed by atoms with Crippen LogP contribution in [0.1, 0.15) is 13.8 Å². The van der Waals surface area contributed by atoms with Crippen molar-refractivity contribution in [1.82, 2.24) is 0 Å². The van der Waals surface area contributed by atoms with Crippen molar-refractivity contribution in [2.75, 3.05) is 0 Å². The number of ketones is 1. The van der Waals surface area contributed by atoms with Gasteiger partial charge in [-0.05, 0) is 13.8 Å². The zero-order chi connectivity index (χ0) is 6.28. The van der Waals surface area contributed by atoms with Gasteiger partial charge in [-0.3, -0.25) is 0 Å². The normalized spacial score (nSPS) is 6.86. The van der Waals surface area contributed by atoms with E-state index in [9.17, 15) is 4.79 Å². The van der Waals surface area contributed by atoms with E-state index in [2.05, 4.69) is 0 Å². The molecule has 0 aliphatic heterocycles. The van der Waals surface area contributed by atoms with E-state index in [1.807, 2.05) is 0 Å². The molecule has 0 aromatic carbocycles. The summed E-state index contributed by atoms with van der Waals surface area (Å²) in [6, 6.07) is 0. The van der Waals surface area contributed by atoms with Gasteiger partial charge in [0.1, 0.15) is 5.78 Å². The van der Waals surface area contributed by atoms with Crippen LogP contribution in [0.15, 0.2) is 0 Å². The SMILES string of the molecule is CC(C)=O.[Cl][Ir][Cl]. The molecule has 0 bridgehead atoms. The molecule has 7 heavy (non-hydrogen) atoms. The quantitative estimate of drug-likeness (QED) is 0.667. The molecular formula is C3H6Cl2IrO. The minimum absolute atomic E-state index is 0.167. The maximum absolute atomic E-state index is 9.44. The van der Waals surface area contributed by atoms with Crippen molar-refractivity contribution in [3.8, 4) is 0 Å². The number of rotatable bonds is 0. The molecule has 0 saturated heterocycles. The van der Waals surface area contributed by atoms with Crippen LogP contribution in [-0.2, 0) is 20.5 Å². The van der Waals surface area contributed by atoms with Gasteiger partial charge in [0.05, 0.1) is 0 Å². The molecule has 0 fully saturated rings. The molecule has 0 saturated carbocycles.